The standard InChI is InChI=1S/C12H25N3/c1-2-14-8-5-12(6-9-14)15-7-3-4-11(13)10-15/h11-12H,2-10,13H2,1H3/t11-/m1/s1. The summed E-state index contributed by atoms with van der Waals surface area (Å²) in [7, 11) is 0. The van der Waals surface area contributed by atoms with Gasteiger partial charge in [-0.25, -0.2) is 0 Å². The fourth-order valence-electron chi connectivity index (χ4n) is 2.97. The first-order chi connectivity index (χ1) is 7.29. The number of piperidine rings is 2. The summed E-state index contributed by atoms with van der Waals surface area (Å²) in [6, 6.07) is 1.25. The lowest BCUT2D eigenvalue weighted by Gasteiger charge is -2.41. The van der Waals surface area contributed by atoms with Gasteiger partial charge in [0.1, 0.15) is 0 Å². The van der Waals surface area contributed by atoms with Crippen LogP contribution in [0.4, 0.5) is 0 Å². The number of nitrogens with two attached hydrogens (primary N) is 1. The quantitative estimate of drug-likeness (QED) is 0.736. The van der Waals surface area contributed by atoms with Crippen molar-refractivity contribution < 1.29 is 0 Å². The first kappa shape index (κ1) is 11.4. The molecule has 0 saturated carbocycles. The number of likely N-dealkylation sites (tertiary alicyclic amines) is 2. The van der Waals surface area contributed by atoms with E-state index in [1.54, 1.807) is 0 Å². The number of nitrogens with zero attached hydrogens (tertiary/aromatic N) is 2. The molecule has 2 aliphatic heterocycles. The molecule has 0 unspecified atom stereocenters. The molecule has 3 heteroatoms. The van der Waals surface area contributed by atoms with E-state index in [4.69, 9.17) is 5.73 Å². The van der Waals surface area contributed by atoms with Gasteiger partial charge in [-0.05, 0) is 51.9 Å². The molecule has 0 aromatic heterocycles. The summed E-state index contributed by atoms with van der Waals surface area (Å²) in [5.74, 6) is 0. The van der Waals surface area contributed by atoms with Gasteiger partial charge in [-0.15, -0.1) is 0 Å². The van der Waals surface area contributed by atoms with Gasteiger partial charge < -0.3 is 10.6 Å². The molecule has 2 fully saturated rings. The van der Waals surface area contributed by atoms with Gasteiger partial charge in [0.2, 0.25) is 0 Å². The van der Waals surface area contributed by atoms with Crippen molar-refractivity contribution in [2.75, 3.05) is 32.7 Å². The minimum absolute atomic E-state index is 0.433. The van der Waals surface area contributed by atoms with E-state index in [-0.39, 0.29) is 0 Å². The van der Waals surface area contributed by atoms with Crippen molar-refractivity contribution in [3.63, 3.8) is 0 Å². The van der Waals surface area contributed by atoms with Crippen LogP contribution in [0.15, 0.2) is 0 Å². The highest BCUT2D eigenvalue weighted by atomic mass is 15.2. The van der Waals surface area contributed by atoms with Gasteiger partial charge in [0.15, 0.2) is 0 Å². The predicted octanol–water partition coefficient (Wildman–Crippen LogP) is 0.894. The third-order valence-electron chi connectivity index (χ3n) is 4.01. The second kappa shape index (κ2) is 5.28. The van der Waals surface area contributed by atoms with Crippen LogP contribution in [0, 0.1) is 0 Å². The van der Waals surface area contributed by atoms with Crippen LogP contribution in [0.5, 0.6) is 0 Å². The minimum atomic E-state index is 0.433. The SMILES string of the molecule is CCN1CCC(N2CCC[C@@H](N)C2)CC1. The summed E-state index contributed by atoms with van der Waals surface area (Å²) in [5, 5.41) is 0. The summed E-state index contributed by atoms with van der Waals surface area (Å²) >= 11 is 0. The van der Waals surface area contributed by atoms with Crippen LogP contribution in [0.3, 0.4) is 0 Å². The van der Waals surface area contributed by atoms with Gasteiger partial charge in [0.25, 0.3) is 0 Å². The molecule has 0 bridgehead atoms. The van der Waals surface area contributed by atoms with Crippen molar-refractivity contribution >= 4 is 0 Å². The summed E-state index contributed by atoms with van der Waals surface area (Å²) in [5.41, 5.74) is 6.03. The van der Waals surface area contributed by atoms with Gasteiger partial charge in [0, 0.05) is 18.6 Å². The van der Waals surface area contributed by atoms with Crippen LogP contribution < -0.4 is 5.73 Å². The lowest BCUT2D eigenvalue weighted by atomic mass is 9.98. The molecule has 2 rings (SSSR count). The topological polar surface area (TPSA) is 32.5 Å². The minimum Gasteiger partial charge on any atom is -0.327 e. The van der Waals surface area contributed by atoms with Crippen molar-refractivity contribution in [2.24, 2.45) is 5.73 Å². The van der Waals surface area contributed by atoms with Crippen molar-refractivity contribution in [1.82, 2.24) is 9.80 Å². The molecule has 3 nitrogen and oxygen atoms in total. The van der Waals surface area contributed by atoms with Crippen LogP contribution >= 0.6 is 0 Å². The molecule has 88 valence electrons. The zero-order valence-corrected chi connectivity index (χ0v) is 9.99. The number of hydrogen-bond acceptors (Lipinski definition) is 3. The Hall–Kier alpha value is -0.120. The average molecular weight is 211 g/mol. The van der Waals surface area contributed by atoms with Crippen molar-refractivity contribution in [3.05, 3.63) is 0 Å². The fraction of sp³-hybridized carbons (Fsp3) is 1.00. The molecule has 0 spiro atoms. The molecule has 0 aromatic carbocycles. The summed E-state index contributed by atoms with van der Waals surface area (Å²) in [4.78, 5) is 5.20. The van der Waals surface area contributed by atoms with E-state index >= 15 is 0 Å². The Kier molecular flexibility index (Phi) is 4.00. The third kappa shape index (κ3) is 2.92. The van der Waals surface area contributed by atoms with Gasteiger partial charge in [-0.2, -0.15) is 0 Å². The molecular weight excluding hydrogens is 186 g/mol. The van der Waals surface area contributed by atoms with Crippen molar-refractivity contribution in [2.45, 2.75) is 44.7 Å². The summed E-state index contributed by atoms with van der Waals surface area (Å²) in [6.07, 6.45) is 5.22. The maximum Gasteiger partial charge on any atom is 0.0168 e. The molecule has 0 radical (unpaired) electrons. The first-order valence-electron chi connectivity index (χ1n) is 6.51. The number of hydrogen-bond donors (Lipinski definition) is 1. The highest BCUT2D eigenvalue weighted by Crippen LogP contribution is 2.20. The lowest BCUT2D eigenvalue weighted by molar-refractivity contribution is 0.0879. The van der Waals surface area contributed by atoms with Crippen LogP contribution in [0.2, 0.25) is 0 Å². The largest absolute Gasteiger partial charge is 0.327 e. The predicted molar refractivity (Wildman–Crippen MR) is 63.9 cm³/mol. The normalized spacial score (nSPS) is 32.0. The molecule has 15 heavy (non-hydrogen) atoms. The third-order valence-corrected chi connectivity index (χ3v) is 4.01. The zero-order valence-electron chi connectivity index (χ0n) is 9.99. The highest BCUT2D eigenvalue weighted by Gasteiger charge is 2.26. The molecular formula is C12H25N3. The molecule has 2 heterocycles. The fourth-order valence-corrected chi connectivity index (χ4v) is 2.97. The van der Waals surface area contributed by atoms with E-state index < -0.39 is 0 Å². The van der Waals surface area contributed by atoms with E-state index in [9.17, 15) is 0 Å². The lowest BCUT2D eigenvalue weighted by Crippen LogP contribution is -2.51. The number of rotatable bonds is 2. The Bertz CT molecular complexity index is 187. The van der Waals surface area contributed by atoms with E-state index in [1.807, 2.05) is 0 Å². The van der Waals surface area contributed by atoms with E-state index in [2.05, 4.69) is 16.7 Å². The Labute approximate surface area is 93.6 Å². The Morgan fingerprint density at radius 2 is 1.87 bits per heavy atom. The molecule has 0 aromatic rings. The first-order valence-corrected chi connectivity index (χ1v) is 6.51. The second-order valence-electron chi connectivity index (χ2n) is 5.06. The van der Waals surface area contributed by atoms with Gasteiger partial charge in [-0.3, -0.25) is 4.90 Å². The monoisotopic (exact) mass is 211 g/mol. The van der Waals surface area contributed by atoms with Crippen LogP contribution in [0.1, 0.15) is 32.6 Å². The van der Waals surface area contributed by atoms with E-state index in [1.165, 1.54) is 51.9 Å². The van der Waals surface area contributed by atoms with Gasteiger partial charge >= 0.3 is 0 Å². The molecule has 0 amide bonds. The van der Waals surface area contributed by atoms with Crippen molar-refractivity contribution in [3.8, 4) is 0 Å². The van der Waals surface area contributed by atoms with E-state index in [0.717, 1.165) is 12.6 Å². The van der Waals surface area contributed by atoms with E-state index in [0.29, 0.717) is 6.04 Å². The highest BCUT2D eigenvalue weighted by molar-refractivity contribution is 4.84. The van der Waals surface area contributed by atoms with Crippen LogP contribution in [-0.2, 0) is 0 Å². The molecule has 0 aliphatic carbocycles. The Morgan fingerprint density at radius 1 is 1.13 bits per heavy atom. The van der Waals surface area contributed by atoms with Crippen LogP contribution in [-0.4, -0.2) is 54.6 Å². The van der Waals surface area contributed by atoms with Crippen molar-refractivity contribution in [1.29, 1.82) is 0 Å². The Balaban J connectivity index is 1.79. The molecule has 2 N–H and O–H groups in total. The maximum atomic E-state index is 6.03. The smallest absolute Gasteiger partial charge is 0.0168 e. The zero-order chi connectivity index (χ0) is 10.7. The second-order valence-corrected chi connectivity index (χ2v) is 5.06. The summed E-state index contributed by atoms with van der Waals surface area (Å²) in [6.45, 7) is 8.46. The molecule has 2 aliphatic rings. The van der Waals surface area contributed by atoms with Gasteiger partial charge in [-0.1, -0.05) is 6.92 Å². The summed E-state index contributed by atoms with van der Waals surface area (Å²) < 4.78 is 0. The maximum absolute atomic E-state index is 6.03. The van der Waals surface area contributed by atoms with Gasteiger partial charge in [0.05, 0.1) is 0 Å². The molecule has 1 atom stereocenters. The average Bonchev–Trinajstić information content (AvgIpc) is 2.29. The molecule has 2 saturated heterocycles. The Morgan fingerprint density at radius 3 is 2.47 bits per heavy atom. The van der Waals surface area contributed by atoms with Crippen LogP contribution in [0.25, 0.3) is 0 Å².